The number of hydrogen-bond donors (Lipinski definition) is 1. The molecule has 0 atom stereocenters. The summed E-state index contributed by atoms with van der Waals surface area (Å²) in [6.45, 7) is 1.23. The van der Waals surface area contributed by atoms with Gasteiger partial charge in [-0.1, -0.05) is 15.9 Å². The Morgan fingerprint density at radius 1 is 1.38 bits per heavy atom. The number of ether oxygens (including phenoxy) is 1. The van der Waals surface area contributed by atoms with Gasteiger partial charge in [-0.25, -0.2) is 13.1 Å². The van der Waals surface area contributed by atoms with E-state index in [2.05, 4.69) is 36.6 Å². The van der Waals surface area contributed by atoms with Crippen LogP contribution < -0.4 is 4.72 Å². The first-order chi connectivity index (χ1) is 7.56. The van der Waals surface area contributed by atoms with Crippen LogP contribution in [0.15, 0.2) is 20.1 Å². The summed E-state index contributed by atoms with van der Waals surface area (Å²) in [5.74, 6) is 0. The molecule has 16 heavy (non-hydrogen) atoms. The summed E-state index contributed by atoms with van der Waals surface area (Å²) in [7, 11) is -3.38. The maximum Gasteiger partial charge on any atom is 0.250 e. The number of thiophene rings is 1. The third-order valence-corrected chi connectivity index (χ3v) is 5.47. The van der Waals surface area contributed by atoms with E-state index >= 15 is 0 Å². The maximum atomic E-state index is 11.7. The van der Waals surface area contributed by atoms with Crippen molar-refractivity contribution in [3.05, 3.63) is 15.9 Å². The van der Waals surface area contributed by atoms with Gasteiger partial charge < -0.3 is 4.74 Å². The molecule has 0 fully saturated rings. The lowest BCUT2D eigenvalue weighted by atomic mass is 10.7. The van der Waals surface area contributed by atoms with Gasteiger partial charge >= 0.3 is 0 Å². The molecule has 1 rings (SSSR count). The summed E-state index contributed by atoms with van der Waals surface area (Å²) in [6.07, 6.45) is 0. The molecule has 0 bridgehead atoms. The Hall–Kier alpha value is 0.530. The van der Waals surface area contributed by atoms with E-state index in [1.807, 2.05) is 0 Å². The molecular weight excluding hydrogens is 382 g/mol. The van der Waals surface area contributed by atoms with E-state index in [-0.39, 0.29) is 6.54 Å². The quantitative estimate of drug-likeness (QED) is 0.571. The van der Waals surface area contributed by atoms with Crippen LogP contribution in [0.3, 0.4) is 0 Å². The Bertz CT molecular complexity index is 419. The van der Waals surface area contributed by atoms with Crippen molar-refractivity contribution in [1.29, 1.82) is 0 Å². The van der Waals surface area contributed by atoms with Crippen LogP contribution in [0.4, 0.5) is 0 Å². The molecule has 0 spiro atoms. The lowest BCUT2D eigenvalue weighted by molar-refractivity contribution is 0.156. The Kier molecular flexibility index (Phi) is 6.45. The average Bonchev–Trinajstić information content (AvgIpc) is 2.65. The van der Waals surface area contributed by atoms with E-state index in [4.69, 9.17) is 4.74 Å². The largest absolute Gasteiger partial charge is 0.379 e. The van der Waals surface area contributed by atoms with E-state index in [0.717, 1.165) is 9.12 Å². The van der Waals surface area contributed by atoms with Gasteiger partial charge in [-0.15, -0.1) is 11.3 Å². The van der Waals surface area contributed by atoms with Gasteiger partial charge in [0.25, 0.3) is 0 Å². The number of halogens is 2. The Morgan fingerprint density at radius 3 is 2.69 bits per heavy atom. The van der Waals surface area contributed by atoms with Gasteiger partial charge in [0, 0.05) is 11.9 Å². The fourth-order valence-corrected chi connectivity index (χ4v) is 4.21. The van der Waals surface area contributed by atoms with Crippen LogP contribution in [0.1, 0.15) is 0 Å². The van der Waals surface area contributed by atoms with Crippen molar-refractivity contribution in [3.8, 4) is 0 Å². The second kappa shape index (κ2) is 7.07. The van der Waals surface area contributed by atoms with Gasteiger partial charge in [-0.3, -0.25) is 0 Å². The molecule has 1 heterocycles. The van der Waals surface area contributed by atoms with Crippen LogP contribution in [0, 0.1) is 0 Å². The molecule has 0 aliphatic rings. The first-order valence-electron chi connectivity index (χ1n) is 4.45. The summed E-state index contributed by atoms with van der Waals surface area (Å²) in [5, 5.41) is 0.748. The van der Waals surface area contributed by atoms with Crippen molar-refractivity contribution >= 4 is 53.2 Å². The molecule has 8 heteroatoms. The summed E-state index contributed by atoms with van der Waals surface area (Å²) in [6, 6.07) is 3.27. The fourth-order valence-electron chi connectivity index (χ4n) is 0.918. The van der Waals surface area contributed by atoms with Crippen molar-refractivity contribution < 1.29 is 13.2 Å². The highest BCUT2D eigenvalue weighted by molar-refractivity contribution is 9.11. The first kappa shape index (κ1) is 14.6. The molecule has 1 N–H and O–H groups in total. The van der Waals surface area contributed by atoms with E-state index in [9.17, 15) is 8.42 Å². The number of hydrogen-bond acceptors (Lipinski definition) is 4. The van der Waals surface area contributed by atoms with E-state index in [0.29, 0.717) is 17.4 Å². The lowest BCUT2D eigenvalue weighted by Gasteiger charge is -2.04. The zero-order chi connectivity index (χ0) is 12.0. The van der Waals surface area contributed by atoms with Crippen LogP contribution in [0.5, 0.6) is 0 Å². The van der Waals surface area contributed by atoms with Gasteiger partial charge in [0.05, 0.1) is 17.0 Å². The van der Waals surface area contributed by atoms with Crippen LogP contribution in [0.25, 0.3) is 0 Å². The second-order valence-corrected chi connectivity index (χ2v) is 8.01. The molecule has 1 aromatic heterocycles. The summed E-state index contributed by atoms with van der Waals surface area (Å²) < 4.78 is 32.1. The highest BCUT2D eigenvalue weighted by Gasteiger charge is 2.15. The van der Waals surface area contributed by atoms with Gasteiger partial charge in [0.1, 0.15) is 4.21 Å². The number of rotatable bonds is 7. The highest BCUT2D eigenvalue weighted by atomic mass is 79.9. The predicted octanol–water partition coefficient (Wildman–Crippen LogP) is 2.20. The van der Waals surface area contributed by atoms with Crippen molar-refractivity contribution in [2.45, 2.75) is 4.21 Å². The summed E-state index contributed by atoms with van der Waals surface area (Å²) >= 11 is 7.62. The van der Waals surface area contributed by atoms with Crippen molar-refractivity contribution in [2.75, 3.05) is 25.1 Å². The minimum Gasteiger partial charge on any atom is -0.379 e. The van der Waals surface area contributed by atoms with Crippen molar-refractivity contribution in [2.24, 2.45) is 0 Å². The van der Waals surface area contributed by atoms with Gasteiger partial charge in [0.15, 0.2) is 0 Å². The minimum absolute atomic E-state index is 0.283. The smallest absolute Gasteiger partial charge is 0.250 e. The van der Waals surface area contributed by atoms with Gasteiger partial charge in [-0.2, -0.15) is 0 Å². The lowest BCUT2D eigenvalue weighted by Crippen LogP contribution is -2.27. The first-order valence-corrected chi connectivity index (χ1v) is 8.66. The van der Waals surface area contributed by atoms with Crippen LogP contribution in [-0.2, 0) is 14.8 Å². The molecule has 0 aliphatic carbocycles. The molecule has 0 saturated heterocycles. The van der Waals surface area contributed by atoms with Crippen molar-refractivity contribution in [3.63, 3.8) is 0 Å². The molecule has 4 nitrogen and oxygen atoms in total. The van der Waals surface area contributed by atoms with Crippen LogP contribution >= 0.6 is 43.2 Å². The average molecular weight is 393 g/mol. The molecule has 0 aliphatic heterocycles. The third kappa shape index (κ3) is 4.80. The molecule has 0 unspecified atom stereocenters. The number of nitrogens with one attached hydrogen (secondary N) is 1. The highest BCUT2D eigenvalue weighted by Crippen LogP contribution is 2.25. The van der Waals surface area contributed by atoms with E-state index in [1.54, 1.807) is 12.1 Å². The zero-order valence-electron chi connectivity index (χ0n) is 8.28. The minimum atomic E-state index is -3.38. The van der Waals surface area contributed by atoms with E-state index < -0.39 is 10.0 Å². The fraction of sp³-hybridized carbons (Fsp3) is 0.500. The van der Waals surface area contributed by atoms with Crippen molar-refractivity contribution in [1.82, 2.24) is 4.72 Å². The Labute approximate surface area is 116 Å². The standard InChI is InChI=1S/C8H11Br2NO3S2/c9-3-5-14-6-4-11-16(12,13)8-2-1-7(10)15-8/h1-2,11H,3-6H2. The monoisotopic (exact) mass is 391 g/mol. The zero-order valence-corrected chi connectivity index (χ0v) is 13.1. The topological polar surface area (TPSA) is 55.4 Å². The second-order valence-electron chi connectivity index (χ2n) is 2.76. The molecule has 0 amide bonds. The Morgan fingerprint density at radius 2 is 2.12 bits per heavy atom. The number of sulfonamides is 1. The van der Waals surface area contributed by atoms with E-state index in [1.165, 1.54) is 11.3 Å². The van der Waals surface area contributed by atoms with Gasteiger partial charge in [0.2, 0.25) is 10.0 Å². The molecule has 0 radical (unpaired) electrons. The molecule has 0 aromatic carbocycles. The molecular formula is C8H11Br2NO3S2. The SMILES string of the molecule is O=S(=O)(NCCOCCBr)c1ccc(Br)s1. The molecule has 92 valence electrons. The third-order valence-electron chi connectivity index (χ3n) is 1.57. The predicted molar refractivity (Wildman–Crippen MR) is 71.8 cm³/mol. The van der Waals surface area contributed by atoms with Crippen LogP contribution in [-0.4, -0.2) is 33.5 Å². The van der Waals surface area contributed by atoms with Gasteiger partial charge in [-0.05, 0) is 28.1 Å². The normalized spacial score (nSPS) is 11.9. The number of alkyl halides is 1. The summed E-state index contributed by atoms with van der Waals surface area (Å²) in [4.78, 5) is 0. The maximum absolute atomic E-state index is 11.7. The van der Waals surface area contributed by atoms with Crippen LogP contribution in [0.2, 0.25) is 0 Å². The molecule has 1 aromatic rings. The molecule has 0 saturated carbocycles. The summed E-state index contributed by atoms with van der Waals surface area (Å²) in [5.41, 5.74) is 0. The Balaban J connectivity index is 2.41.